The van der Waals surface area contributed by atoms with E-state index in [4.69, 9.17) is 4.74 Å². The quantitative estimate of drug-likeness (QED) is 0.775. The minimum Gasteiger partial charge on any atom is -0.497 e. The van der Waals surface area contributed by atoms with Crippen molar-refractivity contribution in [2.75, 3.05) is 13.7 Å². The highest BCUT2D eigenvalue weighted by molar-refractivity contribution is 5.29. The number of ether oxygens (including phenoxy) is 1. The SMILES string of the molecule is COc1ccc([C@@H]2C[C@H](C)CN2)cc1. The zero-order valence-corrected chi connectivity index (χ0v) is 8.79. The summed E-state index contributed by atoms with van der Waals surface area (Å²) in [6, 6.07) is 8.89. The van der Waals surface area contributed by atoms with Gasteiger partial charge in [0.05, 0.1) is 7.11 Å². The van der Waals surface area contributed by atoms with Crippen LogP contribution in [0.1, 0.15) is 24.9 Å². The first kappa shape index (κ1) is 9.53. The Balaban J connectivity index is 2.09. The van der Waals surface area contributed by atoms with E-state index in [1.807, 2.05) is 12.1 Å². The second-order valence-corrected chi connectivity index (χ2v) is 4.07. The van der Waals surface area contributed by atoms with Crippen LogP contribution in [-0.4, -0.2) is 13.7 Å². The molecule has 1 aliphatic heterocycles. The van der Waals surface area contributed by atoms with Crippen LogP contribution in [0.4, 0.5) is 0 Å². The van der Waals surface area contributed by atoms with Gasteiger partial charge in [-0.05, 0) is 36.6 Å². The minimum atomic E-state index is 0.538. The third kappa shape index (κ3) is 1.90. The molecule has 2 atom stereocenters. The maximum absolute atomic E-state index is 5.13. The lowest BCUT2D eigenvalue weighted by molar-refractivity contribution is 0.414. The predicted octanol–water partition coefficient (Wildman–Crippen LogP) is 2.37. The molecule has 1 fully saturated rings. The van der Waals surface area contributed by atoms with E-state index in [1.165, 1.54) is 12.0 Å². The van der Waals surface area contributed by atoms with Gasteiger partial charge in [-0.25, -0.2) is 0 Å². The fraction of sp³-hybridized carbons (Fsp3) is 0.500. The van der Waals surface area contributed by atoms with Crippen LogP contribution in [0.25, 0.3) is 0 Å². The Hall–Kier alpha value is -1.02. The van der Waals surface area contributed by atoms with E-state index in [9.17, 15) is 0 Å². The molecule has 1 saturated heterocycles. The summed E-state index contributed by atoms with van der Waals surface area (Å²) in [6.07, 6.45) is 1.24. The molecular weight excluding hydrogens is 174 g/mol. The van der Waals surface area contributed by atoms with Gasteiger partial charge in [-0.3, -0.25) is 0 Å². The summed E-state index contributed by atoms with van der Waals surface area (Å²) >= 11 is 0. The number of rotatable bonds is 2. The monoisotopic (exact) mass is 191 g/mol. The summed E-state index contributed by atoms with van der Waals surface area (Å²) in [5.74, 6) is 1.72. The normalized spacial score (nSPS) is 26.4. The molecule has 0 saturated carbocycles. The molecule has 1 N–H and O–H groups in total. The molecule has 0 amide bonds. The zero-order valence-electron chi connectivity index (χ0n) is 8.79. The topological polar surface area (TPSA) is 21.3 Å². The molecule has 1 heterocycles. The van der Waals surface area contributed by atoms with Crippen LogP contribution in [0.2, 0.25) is 0 Å². The molecule has 1 aromatic carbocycles. The average molecular weight is 191 g/mol. The first-order chi connectivity index (χ1) is 6.79. The van der Waals surface area contributed by atoms with E-state index in [0.717, 1.165) is 18.2 Å². The third-order valence-corrected chi connectivity index (χ3v) is 2.87. The molecule has 0 aromatic heterocycles. The fourth-order valence-electron chi connectivity index (χ4n) is 2.00. The van der Waals surface area contributed by atoms with E-state index >= 15 is 0 Å². The Morgan fingerprint density at radius 2 is 2.00 bits per heavy atom. The van der Waals surface area contributed by atoms with Crippen LogP contribution in [0, 0.1) is 5.92 Å². The van der Waals surface area contributed by atoms with Gasteiger partial charge in [0.2, 0.25) is 0 Å². The van der Waals surface area contributed by atoms with Gasteiger partial charge >= 0.3 is 0 Å². The Kier molecular flexibility index (Phi) is 2.73. The molecule has 1 aliphatic rings. The van der Waals surface area contributed by atoms with Gasteiger partial charge in [0.1, 0.15) is 5.75 Å². The first-order valence-corrected chi connectivity index (χ1v) is 5.17. The van der Waals surface area contributed by atoms with Crippen molar-refractivity contribution in [2.45, 2.75) is 19.4 Å². The third-order valence-electron chi connectivity index (χ3n) is 2.87. The second kappa shape index (κ2) is 4.01. The first-order valence-electron chi connectivity index (χ1n) is 5.17. The summed E-state index contributed by atoms with van der Waals surface area (Å²) in [7, 11) is 1.70. The van der Waals surface area contributed by atoms with Gasteiger partial charge in [-0.2, -0.15) is 0 Å². The maximum atomic E-state index is 5.13. The fourth-order valence-corrected chi connectivity index (χ4v) is 2.00. The van der Waals surface area contributed by atoms with E-state index in [2.05, 4.69) is 24.4 Å². The molecule has 0 radical (unpaired) electrons. The van der Waals surface area contributed by atoms with Crippen molar-refractivity contribution < 1.29 is 4.74 Å². The summed E-state index contributed by atoms with van der Waals surface area (Å²) < 4.78 is 5.13. The van der Waals surface area contributed by atoms with Crippen LogP contribution in [0.5, 0.6) is 5.75 Å². The minimum absolute atomic E-state index is 0.538. The zero-order chi connectivity index (χ0) is 9.97. The van der Waals surface area contributed by atoms with Crippen molar-refractivity contribution in [2.24, 2.45) is 5.92 Å². The Morgan fingerprint density at radius 1 is 1.29 bits per heavy atom. The van der Waals surface area contributed by atoms with E-state index in [1.54, 1.807) is 7.11 Å². The van der Waals surface area contributed by atoms with Crippen LogP contribution in [0.3, 0.4) is 0 Å². The van der Waals surface area contributed by atoms with Gasteiger partial charge in [0.25, 0.3) is 0 Å². The number of hydrogen-bond acceptors (Lipinski definition) is 2. The summed E-state index contributed by atoms with van der Waals surface area (Å²) in [4.78, 5) is 0. The van der Waals surface area contributed by atoms with Crippen molar-refractivity contribution in [1.82, 2.24) is 5.32 Å². The van der Waals surface area contributed by atoms with Gasteiger partial charge in [0.15, 0.2) is 0 Å². The number of methoxy groups -OCH3 is 1. The average Bonchev–Trinajstić information content (AvgIpc) is 2.65. The molecule has 0 unspecified atom stereocenters. The number of benzene rings is 1. The number of hydrogen-bond donors (Lipinski definition) is 1. The highest BCUT2D eigenvalue weighted by atomic mass is 16.5. The largest absolute Gasteiger partial charge is 0.497 e. The Morgan fingerprint density at radius 3 is 2.50 bits per heavy atom. The number of nitrogens with one attached hydrogen (secondary N) is 1. The van der Waals surface area contributed by atoms with Crippen LogP contribution in [-0.2, 0) is 0 Å². The van der Waals surface area contributed by atoms with Crippen molar-refractivity contribution in [3.05, 3.63) is 29.8 Å². The van der Waals surface area contributed by atoms with Crippen LogP contribution >= 0.6 is 0 Å². The molecule has 14 heavy (non-hydrogen) atoms. The molecular formula is C12H17NO. The summed E-state index contributed by atoms with van der Waals surface area (Å²) in [5.41, 5.74) is 1.37. The lowest BCUT2D eigenvalue weighted by Crippen LogP contribution is -2.13. The molecule has 0 aliphatic carbocycles. The molecule has 2 heteroatoms. The van der Waals surface area contributed by atoms with Gasteiger partial charge < -0.3 is 10.1 Å². The van der Waals surface area contributed by atoms with Crippen LogP contribution in [0.15, 0.2) is 24.3 Å². The highest BCUT2D eigenvalue weighted by Gasteiger charge is 2.21. The van der Waals surface area contributed by atoms with E-state index in [-0.39, 0.29) is 0 Å². The van der Waals surface area contributed by atoms with Crippen molar-refractivity contribution in [3.8, 4) is 5.75 Å². The van der Waals surface area contributed by atoms with Gasteiger partial charge in [-0.15, -0.1) is 0 Å². The molecule has 2 nitrogen and oxygen atoms in total. The molecule has 1 aromatic rings. The molecule has 0 spiro atoms. The van der Waals surface area contributed by atoms with Crippen molar-refractivity contribution in [1.29, 1.82) is 0 Å². The summed E-state index contributed by atoms with van der Waals surface area (Å²) in [6.45, 7) is 3.42. The van der Waals surface area contributed by atoms with Crippen LogP contribution < -0.4 is 10.1 Å². The lowest BCUT2D eigenvalue weighted by Gasteiger charge is -2.10. The summed E-state index contributed by atoms with van der Waals surface area (Å²) in [5, 5.41) is 3.52. The predicted molar refractivity (Wildman–Crippen MR) is 57.5 cm³/mol. The lowest BCUT2D eigenvalue weighted by atomic mass is 10.0. The molecule has 0 bridgehead atoms. The molecule has 2 rings (SSSR count). The standard InChI is InChI=1S/C12H17NO/c1-9-7-12(13-8-9)10-3-5-11(14-2)6-4-10/h3-6,9,12-13H,7-8H2,1-2H3/t9-,12-/m0/s1. The van der Waals surface area contributed by atoms with Gasteiger partial charge in [-0.1, -0.05) is 19.1 Å². The van der Waals surface area contributed by atoms with Crippen molar-refractivity contribution >= 4 is 0 Å². The maximum Gasteiger partial charge on any atom is 0.118 e. The van der Waals surface area contributed by atoms with E-state index in [0.29, 0.717) is 6.04 Å². The van der Waals surface area contributed by atoms with E-state index < -0.39 is 0 Å². The highest BCUT2D eigenvalue weighted by Crippen LogP contribution is 2.27. The van der Waals surface area contributed by atoms with Gasteiger partial charge in [0, 0.05) is 6.04 Å². The molecule has 76 valence electrons. The van der Waals surface area contributed by atoms with Crippen molar-refractivity contribution in [3.63, 3.8) is 0 Å². The smallest absolute Gasteiger partial charge is 0.118 e. The second-order valence-electron chi connectivity index (χ2n) is 4.07. The Bertz CT molecular complexity index is 294. The Labute approximate surface area is 85.3 Å².